The van der Waals surface area contributed by atoms with Gasteiger partial charge in [0, 0.05) is 12.7 Å². The van der Waals surface area contributed by atoms with Gasteiger partial charge < -0.3 is 13.9 Å². The van der Waals surface area contributed by atoms with Crippen molar-refractivity contribution in [3.05, 3.63) is 65.2 Å². The second-order valence-corrected chi connectivity index (χ2v) is 8.01. The normalized spacial score (nSPS) is 11.8. The highest BCUT2D eigenvalue weighted by Crippen LogP contribution is 2.31. The Balaban J connectivity index is 2.38. The molecule has 0 unspecified atom stereocenters. The molecule has 0 aromatic heterocycles. The molecule has 25 heavy (non-hydrogen) atoms. The monoisotopic (exact) mass is 358 g/mol. The molecule has 0 radical (unpaired) electrons. The molecule has 0 amide bonds. The van der Waals surface area contributed by atoms with Gasteiger partial charge in [-0.2, -0.15) is 0 Å². The minimum atomic E-state index is -0.554. The number of carbonyl (C=O) groups is 1. The van der Waals surface area contributed by atoms with E-state index in [1.165, 1.54) is 0 Å². The van der Waals surface area contributed by atoms with Gasteiger partial charge in [-0.05, 0) is 37.6 Å². The fourth-order valence-electron chi connectivity index (χ4n) is 2.51. The first-order valence-corrected chi connectivity index (χ1v) is 10.1. The smallest absolute Gasteiger partial charge is 0.196 e. The van der Waals surface area contributed by atoms with Crippen molar-refractivity contribution in [1.82, 2.24) is 0 Å². The zero-order valence-corrected chi connectivity index (χ0v) is 16.8. The summed E-state index contributed by atoms with van der Waals surface area (Å²) in [4.78, 5) is 12.8. The molecule has 0 saturated heterocycles. The maximum atomic E-state index is 12.8. The Labute approximate surface area is 152 Å². The van der Waals surface area contributed by atoms with Gasteiger partial charge >= 0.3 is 0 Å². The molecule has 0 fully saturated rings. The van der Waals surface area contributed by atoms with Crippen LogP contribution in [0.1, 0.15) is 42.3 Å². The second-order valence-electron chi connectivity index (χ2n) is 6.32. The van der Waals surface area contributed by atoms with Crippen LogP contribution in [0.3, 0.4) is 0 Å². The van der Waals surface area contributed by atoms with E-state index in [1.807, 2.05) is 50.2 Å². The second kappa shape index (κ2) is 8.94. The van der Waals surface area contributed by atoms with Crippen molar-refractivity contribution in [2.45, 2.75) is 32.4 Å². The van der Waals surface area contributed by atoms with Crippen molar-refractivity contribution < 1.29 is 18.7 Å². The first kappa shape index (κ1) is 19.4. The standard InChI is InChI=1S/C20H26O4Si/c1-5-25-24-20(2,3)16-11-12-17(18(13-16)23-14-22-4)19(21)15-9-7-6-8-10-15/h6-13H,5,14,25H2,1-4H3. The van der Waals surface area contributed by atoms with Crippen molar-refractivity contribution >= 4 is 15.5 Å². The lowest BCUT2D eigenvalue weighted by molar-refractivity contribution is 0.0497. The Kier molecular flexibility index (Phi) is 6.93. The van der Waals surface area contributed by atoms with Crippen LogP contribution in [0.5, 0.6) is 5.75 Å². The Morgan fingerprint density at radius 1 is 1.12 bits per heavy atom. The molecule has 0 heterocycles. The molecule has 4 nitrogen and oxygen atoms in total. The van der Waals surface area contributed by atoms with Gasteiger partial charge in [-0.15, -0.1) is 0 Å². The molecule has 5 heteroatoms. The molecule has 0 aliphatic rings. The zero-order chi connectivity index (χ0) is 18.3. The lowest BCUT2D eigenvalue weighted by atomic mass is 9.94. The minimum absolute atomic E-state index is 0.0695. The summed E-state index contributed by atoms with van der Waals surface area (Å²) < 4.78 is 16.8. The van der Waals surface area contributed by atoms with Crippen molar-refractivity contribution in [2.24, 2.45) is 0 Å². The first-order valence-electron chi connectivity index (χ1n) is 8.49. The number of rotatable bonds is 9. The molecule has 2 aromatic rings. The highest BCUT2D eigenvalue weighted by molar-refractivity contribution is 6.27. The Morgan fingerprint density at radius 3 is 2.48 bits per heavy atom. The molecule has 0 aliphatic heterocycles. The number of hydrogen-bond acceptors (Lipinski definition) is 4. The highest BCUT2D eigenvalue weighted by atomic mass is 28.2. The predicted octanol–water partition coefficient (Wildman–Crippen LogP) is 3.67. The molecule has 0 spiro atoms. The van der Waals surface area contributed by atoms with Gasteiger partial charge in [-0.25, -0.2) is 0 Å². The number of ether oxygens (including phenoxy) is 2. The van der Waals surface area contributed by atoms with Crippen molar-refractivity contribution in [3.63, 3.8) is 0 Å². The first-order chi connectivity index (χ1) is 12.0. The van der Waals surface area contributed by atoms with Crippen LogP contribution in [0.4, 0.5) is 0 Å². The van der Waals surface area contributed by atoms with Gasteiger partial charge in [0.25, 0.3) is 0 Å². The lowest BCUT2D eigenvalue weighted by Crippen LogP contribution is -2.24. The number of benzene rings is 2. The largest absolute Gasteiger partial charge is 0.467 e. The Bertz CT molecular complexity index is 698. The van der Waals surface area contributed by atoms with Crippen molar-refractivity contribution in [2.75, 3.05) is 13.9 Å². The van der Waals surface area contributed by atoms with Crippen LogP contribution >= 0.6 is 0 Å². The van der Waals surface area contributed by atoms with E-state index in [0.717, 1.165) is 11.6 Å². The summed E-state index contributed by atoms with van der Waals surface area (Å²) in [7, 11) is 1.00. The van der Waals surface area contributed by atoms with Gasteiger partial charge in [-0.3, -0.25) is 4.79 Å². The molecule has 134 valence electrons. The van der Waals surface area contributed by atoms with Crippen LogP contribution in [0.2, 0.25) is 6.04 Å². The van der Waals surface area contributed by atoms with Gasteiger partial charge in [0.2, 0.25) is 0 Å². The van der Waals surface area contributed by atoms with Crippen LogP contribution in [0.25, 0.3) is 0 Å². The van der Waals surface area contributed by atoms with E-state index >= 15 is 0 Å². The van der Waals surface area contributed by atoms with E-state index in [0.29, 0.717) is 16.9 Å². The minimum Gasteiger partial charge on any atom is -0.467 e. The topological polar surface area (TPSA) is 44.8 Å². The van der Waals surface area contributed by atoms with Gasteiger partial charge in [0.15, 0.2) is 22.3 Å². The Hall–Kier alpha value is -1.95. The van der Waals surface area contributed by atoms with E-state index in [1.54, 1.807) is 19.2 Å². The van der Waals surface area contributed by atoms with E-state index in [9.17, 15) is 4.79 Å². The summed E-state index contributed by atoms with van der Waals surface area (Å²) in [5.41, 5.74) is 1.74. The molecule has 0 saturated carbocycles. The van der Waals surface area contributed by atoms with Gasteiger partial charge in [0.1, 0.15) is 5.75 Å². The predicted molar refractivity (Wildman–Crippen MR) is 102 cm³/mol. The third kappa shape index (κ3) is 5.01. The summed E-state index contributed by atoms with van der Waals surface area (Å²) in [6.45, 7) is 6.31. The average molecular weight is 359 g/mol. The molecule has 0 bridgehead atoms. The third-order valence-electron chi connectivity index (χ3n) is 3.96. The molecular weight excluding hydrogens is 332 g/mol. The van der Waals surface area contributed by atoms with Crippen molar-refractivity contribution in [3.8, 4) is 5.75 Å². The molecule has 0 atom stereocenters. The molecular formula is C20H26O4Si. The third-order valence-corrected chi connectivity index (χ3v) is 5.29. The summed E-state index contributed by atoms with van der Waals surface area (Å²) in [5.74, 6) is 0.447. The average Bonchev–Trinajstić information content (AvgIpc) is 2.64. The highest BCUT2D eigenvalue weighted by Gasteiger charge is 2.24. The number of hydrogen-bond donors (Lipinski definition) is 0. The summed E-state index contributed by atoms with van der Waals surface area (Å²) in [6, 6.07) is 15.9. The summed E-state index contributed by atoms with van der Waals surface area (Å²) >= 11 is 0. The molecule has 2 aromatic carbocycles. The maximum Gasteiger partial charge on any atom is 0.196 e. The SMILES string of the molecule is CC[SiH2]OC(C)(C)c1ccc(C(=O)c2ccccc2)c(OCOC)c1. The van der Waals surface area contributed by atoms with E-state index < -0.39 is 15.4 Å². The van der Waals surface area contributed by atoms with E-state index in [2.05, 4.69) is 6.92 Å². The summed E-state index contributed by atoms with van der Waals surface area (Å²) in [6.07, 6.45) is 0. The van der Waals surface area contributed by atoms with Gasteiger partial charge in [-0.1, -0.05) is 43.3 Å². The van der Waals surface area contributed by atoms with Crippen LogP contribution < -0.4 is 4.74 Å². The zero-order valence-electron chi connectivity index (χ0n) is 15.4. The quantitative estimate of drug-likeness (QED) is 0.390. The lowest BCUT2D eigenvalue weighted by Gasteiger charge is -2.27. The van der Waals surface area contributed by atoms with Crippen LogP contribution in [0, 0.1) is 0 Å². The molecule has 0 N–H and O–H groups in total. The van der Waals surface area contributed by atoms with E-state index in [4.69, 9.17) is 13.9 Å². The Morgan fingerprint density at radius 2 is 1.84 bits per heavy atom. The van der Waals surface area contributed by atoms with Crippen LogP contribution in [-0.2, 0) is 14.8 Å². The fraction of sp³-hybridized carbons (Fsp3) is 0.350. The number of ketones is 1. The maximum absolute atomic E-state index is 12.8. The number of carbonyl (C=O) groups excluding carboxylic acids is 1. The van der Waals surface area contributed by atoms with Crippen LogP contribution in [-0.4, -0.2) is 29.4 Å². The van der Waals surface area contributed by atoms with Crippen LogP contribution in [0.15, 0.2) is 48.5 Å². The molecule has 2 rings (SSSR count). The number of methoxy groups -OCH3 is 1. The van der Waals surface area contributed by atoms with E-state index in [-0.39, 0.29) is 12.6 Å². The summed E-state index contributed by atoms with van der Waals surface area (Å²) in [5, 5.41) is 0. The molecule has 0 aliphatic carbocycles. The van der Waals surface area contributed by atoms with Crippen molar-refractivity contribution in [1.29, 1.82) is 0 Å². The fourth-order valence-corrected chi connectivity index (χ4v) is 3.39. The van der Waals surface area contributed by atoms with Gasteiger partial charge in [0.05, 0.1) is 11.2 Å².